The van der Waals surface area contributed by atoms with E-state index < -0.39 is 0 Å². The van der Waals surface area contributed by atoms with Crippen molar-refractivity contribution in [3.8, 4) is 28.6 Å². The SMILES string of the molecule is COc1ccc(-c2nc3c(cnn3-c3ccccc3)[nH]2)cc1OC. The van der Waals surface area contributed by atoms with Crippen LogP contribution in [0, 0.1) is 0 Å². The molecule has 24 heavy (non-hydrogen) atoms. The van der Waals surface area contributed by atoms with E-state index in [4.69, 9.17) is 14.5 Å². The third-order valence-electron chi connectivity index (χ3n) is 3.87. The summed E-state index contributed by atoms with van der Waals surface area (Å²) in [5.41, 5.74) is 3.55. The van der Waals surface area contributed by atoms with Gasteiger partial charge in [-0.1, -0.05) is 18.2 Å². The fourth-order valence-electron chi connectivity index (χ4n) is 2.68. The molecule has 1 N–H and O–H groups in total. The van der Waals surface area contributed by atoms with Crippen LogP contribution in [0.4, 0.5) is 0 Å². The highest BCUT2D eigenvalue weighted by atomic mass is 16.5. The Morgan fingerprint density at radius 3 is 2.50 bits per heavy atom. The van der Waals surface area contributed by atoms with Crippen LogP contribution in [0.3, 0.4) is 0 Å². The van der Waals surface area contributed by atoms with Gasteiger partial charge in [0.05, 0.1) is 26.1 Å². The molecule has 2 heterocycles. The second kappa shape index (κ2) is 5.73. The maximum atomic E-state index is 5.36. The van der Waals surface area contributed by atoms with E-state index in [-0.39, 0.29) is 0 Å². The number of imidazole rings is 1. The van der Waals surface area contributed by atoms with Crippen LogP contribution < -0.4 is 9.47 Å². The van der Waals surface area contributed by atoms with Gasteiger partial charge in [-0.2, -0.15) is 5.10 Å². The lowest BCUT2D eigenvalue weighted by Gasteiger charge is -2.08. The largest absolute Gasteiger partial charge is 0.493 e. The third-order valence-corrected chi connectivity index (χ3v) is 3.87. The van der Waals surface area contributed by atoms with Gasteiger partial charge in [-0.15, -0.1) is 0 Å². The van der Waals surface area contributed by atoms with Crippen LogP contribution in [0.25, 0.3) is 28.2 Å². The van der Waals surface area contributed by atoms with E-state index in [0.29, 0.717) is 11.5 Å². The molecule has 0 atom stereocenters. The molecule has 0 amide bonds. The molecule has 0 aliphatic rings. The molecular weight excluding hydrogens is 304 g/mol. The molecule has 2 aromatic heterocycles. The van der Waals surface area contributed by atoms with Crippen molar-refractivity contribution in [2.24, 2.45) is 0 Å². The molecule has 0 fully saturated rings. The van der Waals surface area contributed by atoms with E-state index in [1.165, 1.54) is 0 Å². The first-order valence-electron chi connectivity index (χ1n) is 7.51. The molecule has 4 rings (SSSR count). The fourth-order valence-corrected chi connectivity index (χ4v) is 2.68. The van der Waals surface area contributed by atoms with Gasteiger partial charge in [0.25, 0.3) is 0 Å². The summed E-state index contributed by atoms with van der Waals surface area (Å²) in [6.07, 6.45) is 1.78. The standard InChI is InChI=1S/C18H16N4O2/c1-23-15-9-8-12(10-16(15)24-2)17-20-14-11-19-22(18(14)21-17)13-6-4-3-5-7-13/h3-11H,1-2H3,(H,20,21). The van der Waals surface area contributed by atoms with Crippen molar-refractivity contribution in [2.75, 3.05) is 14.2 Å². The number of ether oxygens (including phenoxy) is 2. The number of aromatic nitrogens is 4. The van der Waals surface area contributed by atoms with Crippen LogP contribution >= 0.6 is 0 Å². The van der Waals surface area contributed by atoms with Crippen LogP contribution in [0.1, 0.15) is 0 Å². The summed E-state index contributed by atoms with van der Waals surface area (Å²) in [5, 5.41) is 4.40. The number of nitrogens with zero attached hydrogens (tertiary/aromatic N) is 3. The predicted octanol–water partition coefficient (Wildman–Crippen LogP) is 3.43. The molecule has 2 aromatic carbocycles. The summed E-state index contributed by atoms with van der Waals surface area (Å²) >= 11 is 0. The van der Waals surface area contributed by atoms with Crippen molar-refractivity contribution >= 4 is 11.2 Å². The molecular formula is C18H16N4O2. The average molecular weight is 320 g/mol. The number of H-pyrrole nitrogens is 1. The van der Waals surface area contributed by atoms with Crippen LogP contribution in [-0.2, 0) is 0 Å². The Morgan fingerprint density at radius 1 is 0.958 bits per heavy atom. The molecule has 0 spiro atoms. The maximum absolute atomic E-state index is 5.36. The third kappa shape index (κ3) is 2.28. The molecule has 0 aliphatic carbocycles. The van der Waals surface area contributed by atoms with E-state index in [1.54, 1.807) is 20.4 Å². The molecule has 6 nitrogen and oxygen atoms in total. The molecule has 0 radical (unpaired) electrons. The minimum Gasteiger partial charge on any atom is -0.493 e. The Hall–Kier alpha value is -3.28. The van der Waals surface area contributed by atoms with E-state index in [2.05, 4.69) is 10.1 Å². The number of methoxy groups -OCH3 is 2. The molecule has 120 valence electrons. The van der Waals surface area contributed by atoms with Gasteiger partial charge in [-0.05, 0) is 30.3 Å². The summed E-state index contributed by atoms with van der Waals surface area (Å²) in [7, 11) is 3.24. The number of para-hydroxylation sites is 1. The van der Waals surface area contributed by atoms with Gasteiger partial charge in [0, 0.05) is 5.56 Å². The van der Waals surface area contributed by atoms with Crippen LogP contribution in [0.2, 0.25) is 0 Å². The van der Waals surface area contributed by atoms with Gasteiger partial charge in [0.1, 0.15) is 11.3 Å². The van der Waals surface area contributed by atoms with Crippen molar-refractivity contribution < 1.29 is 9.47 Å². The van der Waals surface area contributed by atoms with Gasteiger partial charge in [0.2, 0.25) is 0 Å². The van der Waals surface area contributed by atoms with Crippen LogP contribution in [-0.4, -0.2) is 34.0 Å². The van der Waals surface area contributed by atoms with E-state index in [1.807, 2.05) is 53.2 Å². The van der Waals surface area contributed by atoms with E-state index >= 15 is 0 Å². The fraction of sp³-hybridized carbons (Fsp3) is 0.111. The second-order valence-corrected chi connectivity index (χ2v) is 5.28. The first-order valence-corrected chi connectivity index (χ1v) is 7.51. The van der Waals surface area contributed by atoms with Crippen molar-refractivity contribution in [2.45, 2.75) is 0 Å². The monoisotopic (exact) mass is 320 g/mol. The lowest BCUT2D eigenvalue weighted by atomic mass is 10.2. The Bertz CT molecular complexity index is 989. The average Bonchev–Trinajstić information content (AvgIpc) is 3.22. The molecule has 6 heteroatoms. The molecule has 0 aliphatic heterocycles. The van der Waals surface area contributed by atoms with Crippen molar-refractivity contribution in [1.82, 2.24) is 19.7 Å². The van der Waals surface area contributed by atoms with Gasteiger partial charge < -0.3 is 14.5 Å². The Labute approximate surface area is 138 Å². The maximum Gasteiger partial charge on any atom is 0.181 e. The van der Waals surface area contributed by atoms with E-state index in [0.717, 1.165) is 28.2 Å². The summed E-state index contributed by atoms with van der Waals surface area (Å²) in [4.78, 5) is 8.00. The molecule has 0 unspecified atom stereocenters. The molecule has 0 bridgehead atoms. The molecule has 4 aromatic rings. The number of fused-ring (bicyclic) bond motifs is 1. The highest BCUT2D eigenvalue weighted by Gasteiger charge is 2.13. The highest BCUT2D eigenvalue weighted by Crippen LogP contribution is 2.32. The summed E-state index contributed by atoms with van der Waals surface area (Å²) in [6, 6.07) is 15.6. The zero-order chi connectivity index (χ0) is 16.5. The summed E-state index contributed by atoms with van der Waals surface area (Å²) < 4.78 is 12.5. The van der Waals surface area contributed by atoms with Gasteiger partial charge in [-0.25, -0.2) is 9.67 Å². The highest BCUT2D eigenvalue weighted by molar-refractivity contribution is 5.78. The number of aromatic amines is 1. The quantitative estimate of drug-likeness (QED) is 0.625. The van der Waals surface area contributed by atoms with E-state index in [9.17, 15) is 0 Å². The summed E-state index contributed by atoms with van der Waals surface area (Å²) in [6.45, 7) is 0. The first-order chi connectivity index (χ1) is 11.8. The lowest BCUT2D eigenvalue weighted by molar-refractivity contribution is 0.355. The Morgan fingerprint density at radius 2 is 1.75 bits per heavy atom. The summed E-state index contributed by atoms with van der Waals surface area (Å²) in [5.74, 6) is 2.11. The topological polar surface area (TPSA) is 65.0 Å². The predicted molar refractivity (Wildman–Crippen MR) is 91.8 cm³/mol. The van der Waals surface area contributed by atoms with Crippen molar-refractivity contribution in [3.05, 3.63) is 54.7 Å². The van der Waals surface area contributed by atoms with Gasteiger partial charge >= 0.3 is 0 Å². The van der Waals surface area contributed by atoms with Gasteiger partial charge in [-0.3, -0.25) is 0 Å². The lowest BCUT2D eigenvalue weighted by Crippen LogP contribution is -1.96. The van der Waals surface area contributed by atoms with Crippen LogP contribution in [0.15, 0.2) is 54.7 Å². The molecule has 0 saturated heterocycles. The first kappa shape index (κ1) is 14.3. The minimum atomic E-state index is 0.667. The Balaban J connectivity index is 1.80. The normalized spacial score (nSPS) is 10.9. The van der Waals surface area contributed by atoms with Crippen molar-refractivity contribution in [3.63, 3.8) is 0 Å². The zero-order valence-corrected chi connectivity index (χ0v) is 13.4. The molecule has 0 saturated carbocycles. The number of hydrogen-bond donors (Lipinski definition) is 1. The minimum absolute atomic E-state index is 0.667. The van der Waals surface area contributed by atoms with Crippen LogP contribution in [0.5, 0.6) is 11.5 Å². The smallest absolute Gasteiger partial charge is 0.181 e. The number of benzene rings is 2. The Kier molecular flexibility index (Phi) is 3.42. The number of hydrogen-bond acceptors (Lipinski definition) is 4. The number of nitrogens with one attached hydrogen (secondary N) is 1. The van der Waals surface area contributed by atoms with Gasteiger partial charge in [0.15, 0.2) is 17.1 Å². The zero-order valence-electron chi connectivity index (χ0n) is 13.4. The second-order valence-electron chi connectivity index (χ2n) is 5.28. The number of rotatable bonds is 4. The van der Waals surface area contributed by atoms with Crippen molar-refractivity contribution in [1.29, 1.82) is 0 Å².